The first-order valence-electron chi connectivity index (χ1n) is 8.05. The summed E-state index contributed by atoms with van der Waals surface area (Å²) in [6.45, 7) is 0.0953. The summed E-state index contributed by atoms with van der Waals surface area (Å²) in [6.07, 6.45) is 5.51. The smallest absolute Gasteiger partial charge is 0.315 e. The van der Waals surface area contributed by atoms with E-state index in [0.717, 1.165) is 25.7 Å². The maximum Gasteiger partial charge on any atom is 0.315 e. The second-order valence-electron chi connectivity index (χ2n) is 5.85. The fourth-order valence-corrected chi connectivity index (χ4v) is 3.79. The first-order valence-corrected chi connectivity index (χ1v) is 9.66. The van der Waals surface area contributed by atoms with E-state index in [1.165, 1.54) is 17.8 Å². The van der Waals surface area contributed by atoms with Crippen LogP contribution in [0.5, 0.6) is 0 Å². The molecule has 23 heavy (non-hydrogen) atoms. The summed E-state index contributed by atoms with van der Waals surface area (Å²) in [5.41, 5.74) is 0.610. The minimum Gasteiger partial charge on any atom is -0.337 e. The molecule has 0 bridgehead atoms. The largest absolute Gasteiger partial charge is 0.337 e. The van der Waals surface area contributed by atoms with Gasteiger partial charge in [0, 0.05) is 19.6 Å². The molecule has 2 rings (SSSR count). The van der Waals surface area contributed by atoms with Crippen molar-refractivity contribution in [3.63, 3.8) is 0 Å². The van der Waals surface area contributed by atoms with Crippen molar-refractivity contribution >= 4 is 21.7 Å². The predicted molar refractivity (Wildman–Crippen MR) is 92.0 cm³/mol. The van der Waals surface area contributed by atoms with Gasteiger partial charge < -0.3 is 10.6 Å². The second-order valence-corrected chi connectivity index (χ2v) is 7.97. The van der Waals surface area contributed by atoms with Crippen LogP contribution in [-0.2, 0) is 10.0 Å². The van der Waals surface area contributed by atoms with Gasteiger partial charge in [0.15, 0.2) is 0 Å². The molecular weight excluding hydrogens is 314 g/mol. The maximum absolute atomic E-state index is 12.3. The highest BCUT2D eigenvalue weighted by Gasteiger charge is 2.19. The predicted octanol–water partition coefficient (Wildman–Crippen LogP) is 2.08. The van der Waals surface area contributed by atoms with Gasteiger partial charge in [-0.3, -0.25) is 4.31 Å². The van der Waals surface area contributed by atoms with Crippen LogP contribution in [0.2, 0.25) is 0 Å². The van der Waals surface area contributed by atoms with Gasteiger partial charge in [0.2, 0.25) is 10.0 Å². The van der Waals surface area contributed by atoms with E-state index in [1.54, 1.807) is 24.3 Å². The van der Waals surface area contributed by atoms with Gasteiger partial charge >= 0.3 is 6.03 Å². The number of urea groups is 1. The van der Waals surface area contributed by atoms with E-state index in [9.17, 15) is 13.2 Å². The maximum atomic E-state index is 12.3. The SMILES string of the molecule is CN(c1ccccc1)S(=O)(=O)CCNC(=O)NC1CCCCC1. The van der Waals surface area contributed by atoms with E-state index in [1.807, 2.05) is 6.07 Å². The highest BCUT2D eigenvalue weighted by Crippen LogP contribution is 2.17. The Morgan fingerprint density at radius 2 is 1.83 bits per heavy atom. The summed E-state index contributed by atoms with van der Waals surface area (Å²) in [6, 6.07) is 8.82. The fraction of sp³-hybridized carbons (Fsp3) is 0.562. The van der Waals surface area contributed by atoms with Crippen molar-refractivity contribution in [1.82, 2.24) is 10.6 Å². The van der Waals surface area contributed by atoms with Crippen molar-refractivity contribution in [2.24, 2.45) is 0 Å². The van der Waals surface area contributed by atoms with E-state index in [2.05, 4.69) is 10.6 Å². The average molecular weight is 339 g/mol. The molecule has 0 unspecified atom stereocenters. The number of sulfonamides is 1. The number of para-hydroxylation sites is 1. The normalized spacial score (nSPS) is 15.9. The van der Waals surface area contributed by atoms with E-state index in [0.29, 0.717) is 5.69 Å². The number of nitrogens with zero attached hydrogens (tertiary/aromatic N) is 1. The molecule has 1 aromatic carbocycles. The molecule has 1 aliphatic carbocycles. The first kappa shape index (κ1) is 17.6. The lowest BCUT2D eigenvalue weighted by Crippen LogP contribution is -2.45. The van der Waals surface area contributed by atoms with Gasteiger partial charge in [-0.05, 0) is 25.0 Å². The molecule has 1 aromatic rings. The molecule has 1 saturated carbocycles. The molecule has 1 fully saturated rings. The van der Waals surface area contributed by atoms with Gasteiger partial charge in [-0.1, -0.05) is 37.5 Å². The van der Waals surface area contributed by atoms with Crippen molar-refractivity contribution in [3.8, 4) is 0 Å². The monoisotopic (exact) mass is 339 g/mol. The topological polar surface area (TPSA) is 78.5 Å². The quantitative estimate of drug-likeness (QED) is 0.833. The summed E-state index contributed by atoms with van der Waals surface area (Å²) < 4.78 is 25.8. The fourth-order valence-electron chi connectivity index (χ4n) is 2.71. The lowest BCUT2D eigenvalue weighted by Gasteiger charge is -2.23. The summed E-state index contributed by atoms with van der Waals surface area (Å²) in [5.74, 6) is -0.128. The van der Waals surface area contributed by atoms with Crippen molar-refractivity contribution in [2.45, 2.75) is 38.1 Å². The molecule has 128 valence electrons. The molecule has 1 aliphatic rings. The third kappa shape index (κ3) is 5.42. The number of carbonyl (C=O) groups excluding carboxylic acids is 1. The molecule has 6 nitrogen and oxygen atoms in total. The third-order valence-corrected chi connectivity index (χ3v) is 5.89. The van der Waals surface area contributed by atoms with Crippen LogP contribution in [-0.4, -0.2) is 39.8 Å². The number of amides is 2. The van der Waals surface area contributed by atoms with Crippen LogP contribution in [0.1, 0.15) is 32.1 Å². The van der Waals surface area contributed by atoms with Crippen LogP contribution < -0.4 is 14.9 Å². The Morgan fingerprint density at radius 1 is 1.17 bits per heavy atom. The lowest BCUT2D eigenvalue weighted by molar-refractivity contribution is 0.233. The number of hydrogen-bond donors (Lipinski definition) is 2. The van der Waals surface area contributed by atoms with Gasteiger partial charge in [0.25, 0.3) is 0 Å². The highest BCUT2D eigenvalue weighted by atomic mass is 32.2. The van der Waals surface area contributed by atoms with Crippen LogP contribution in [0.15, 0.2) is 30.3 Å². The number of rotatable bonds is 6. The van der Waals surface area contributed by atoms with E-state index < -0.39 is 10.0 Å². The van der Waals surface area contributed by atoms with Crippen molar-refractivity contribution < 1.29 is 13.2 Å². The van der Waals surface area contributed by atoms with Gasteiger partial charge in [-0.15, -0.1) is 0 Å². The molecular formula is C16H25N3O3S. The second kappa shape index (κ2) is 8.19. The first-order chi connectivity index (χ1) is 11.0. The molecule has 2 amide bonds. The van der Waals surface area contributed by atoms with E-state index >= 15 is 0 Å². The Morgan fingerprint density at radius 3 is 2.48 bits per heavy atom. The van der Waals surface area contributed by atoms with Gasteiger partial charge in [-0.25, -0.2) is 13.2 Å². The van der Waals surface area contributed by atoms with Crippen LogP contribution in [0.3, 0.4) is 0 Å². The molecule has 0 heterocycles. The van der Waals surface area contributed by atoms with Crippen LogP contribution in [0.4, 0.5) is 10.5 Å². The van der Waals surface area contributed by atoms with Crippen LogP contribution in [0, 0.1) is 0 Å². The lowest BCUT2D eigenvalue weighted by atomic mass is 9.96. The molecule has 2 N–H and O–H groups in total. The van der Waals surface area contributed by atoms with Crippen molar-refractivity contribution in [1.29, 1.82) is 0 Å². The zero-order chi connectivity index (χ0) is 16.7. The van der Waals surface area contributed by atoms with Gasteiger partial charge in [-0.2, -0.15) is 0 Å². The summed E-state index contributed by atoms with van der Waals surface area (Å²) in [4.78, 5) is 11.8. The molecule has 0 aliphatic heterocycles. The molecule has 0 saturated heterocycles. The van der Waals surface area contributed by atoms with E-state index in [4.69, 9.17) is 0 Å². The van der Waals surface area contributed by atoms with Crippen molar-refractivity contribution in [2.75, 3.05) is 23.7 Å². The zero-order valence-corrected chi connectivity index (χ0v) is 14.3. The number of hydrogen-bond acceptors (Lipinski definition) is 3. The van der Waals surface area contributed by atoms with Crippen molar-refractivity contribution in [3.05, 3.63) is 30.3 Å². The van der Waals surface area contributed by atoms with Gasteiger partial charge in [0.1, 0.15) is 0 Å². The molecule has 0 aromatic heterocycles. The molecule has 0 radical (unpaired) electrons. The number of anilines is 1. The minimum atomic E-state index is -3.45. The Balaban J connectivity index is 1.77. The van der Waals surface area contributed by atoms with E-state index in [-0.39, 0.29) is 24.4 Å². The average Bonchev–Trinajstić information content (AvgIpc) is 2.55. The zero-order valence-electron chi connectivity index (χ0n) is 13.5. The van der Waals surface area contributed by atoms with Crippen LogP contribution in [0.25, 0.3) is 0 Å². The Kier molecular flexibility index (Phi) is 6.27. The third-order valence-electron chi connectivity index (χ3n) is 4.12. The van der Waals surface area contributed by atoms with Crippen LogP contribution >= 0.6 is 0 Å². The Labute approximate surface area is 138 Å². The summed E-state index contributed by atoms with van der Waals surface area (Å²) in [5, 5.41) is 5.54. The number of carbonyl (C=O) groups is 1. The summed E-state index contributed by atoms with van der Waals surface area (Å²) in [7, 11) is -1.93. The van der Waals surface area contributed by atoms with Gasteiger partial charge in [0.05, 0.1) is 11.4 Å². The minimum absolute atomic E-state index is 0.0953. The molecule has 7 heteroatoms. The standard InChI is InChI=1S/C16H25N3O3S/c1-19(15-10-6-3-7-11-15)23(21,22)13-12-17-16(20)18-14-8-4-2-5-9-14/h3,6-7,10-11,14H,2,4-5,8-9,12-13H2,1H3,(H2,17,18,20). The number of nitrogens with one attached hydrogen (secondary N) is 2. The molecule has 0 atom stereocenters. The summed E-state index contributed by atoms with van der Waals surface area (Å²) >= 11 is 0. The Bertz CT molecular complexity index is 598. The Hall–Kier alpha value is -1.76. The highest BCUT2D eigenvalue weighted by molar-refractivity contribution is 7.92. The number of benzene rings is 1. The molecule has 0 spiro atoms.